The van der Waals surface area contributed by atoms with Crippen LogP contribution in [0.1, 0.15) is 29.2 Å². The van der Waals surface area contributed by atoms with Gasteiger partial charge in [-0.15, -0.1) is 0 Å². The number of hydrogen-bond acceptors (Lipinski definition) is 4. The molecule has 2 heterocycles. The highest BCUT2D eigenvalue weighted by atomic mass is 32.2. The molecule has 0 saturated carbocycles. The maximum absolute atomic E-state index is 11.6. The molecular weight excluding hydrogens is 244 g/mol. The molecule has 7 heteroatoms. The first-order valence-electron chi connectivity index (χ1n) is 5.26. The van der Waals surface area contributed by atoms with Gasteiger partial charge in [0.1, 0.15) is 5.56 Å². The third-order valence-electron chi connectivity index (χ3n) is 2.73. The molecule has 17 heavy (non-hydrogen) atoms. The van der Waals surface area contributed by atoms with Crippen molar-refractivity contribution in [3.05, 3.63) is 32.6 Å². The molecular formula is C10H12N2O4S. The Morgan fingerprint density at radius 1 is 1.53 bits per heavy atom. The molecule has 2 rings (SSSR count). The van der Waals surface area contributed by atoms with Crippen molar-refractivity contribution in [1.82, 2.24) is 9.55 Å². The molecule has 2 N–H and O–H groups in total. The molecule has 0 aliphatic carbocycles. The number of carbonyl (C=O) groups is 1. The van der Waals surface area contributed by atoms with Gasteiger partial charge < -0.3 is 5.11 Å². The minimum atomic E-state index is -1.32. The fraction of sp³-hybridized carbons (Fsp3) is 0.500. The SMILES string of the molecule is O=C(O)c1cn(C2CCCSC2)c(=O)[nH]c1=O. The number of nitrogens with zero attached hydrogens (tertiary/aromatic N) is 1. The molecule has 1 aliphatic heterocycles. The summed E-state index contributed by atoms with van der Waals surface area (Å²) in [6.07, 6.45) is 2.97. The van der Waals surface area contributed by atoms with Crippen molar-refractivity contribution < 1.29 is 9.90 Å². The summed E-state index contributed by atoms with van der Waals surface area (Å²) in [6.45, 7) is 0. The Morgan fingerprint density at radius 2 is 2.29 bits per heavy atom. The van der Waals surface area contributed by atoms with Crippen LogP contribution in [0.25, 0.3) is 0 Å². The second kappa shape index (κ2) is 4.79. The van der Waals surface area contributed by atoms with Crippen molar-refractivity contribution in [2.75, 3.05) is 11.5 Å². The largest absolute Gasteiger partial charge is 0.477 e. The number of H-pyrrole nitrogens is 1. The third-order valence-corrected chi connectivity index (χ3v) is 3.93. The summed E-state index contributed by atoms with van der Waals surface area (Å²) in [5, 5.41) is 8.84. The van der Waals surface area contributed by atoms with Crippen LogP contribution in [0.2, 0.25) is 0 Å². The van der Waals surface area contributed by atoms with Gasteiger partial charge in [0.05, 0.1) is 0 Å². The van der Waals surface area contributed by atoms with Crippen LogP contribution in [-0.2, 0) is 0 Å². The average Bonchev–Trinajstić information content (AvgIpc) is 2.29. The minimum absolute atomic E-state index is 0.0313. The van der Waals surface area contributed by atoms with E-state index in [9.17, 15) is 14.4 Å². The zero-order chi connectivity index (χ0) is 12.4. The highest BCUT2D eigenvalue weighted by Gasteiger charge is 2.19. The number of thioether (sulfide) groups is 1. The summed E-state index contributed by atoms with van der Waals surface area (Å²) in [7, 11) is 0. The number of nitrogens with one attached hydrogen (secondary N) is 1. The second-order valence-electron chi connectivity index (χ2n) is 3.89. The normalized spacial score (nSPS) is 20.1. The van der Waals surface area contributed by atoms with Crippen molar-refractivity contribution in [3.8, 4) is 0 Å². The molecule has 0 spiro atoms. The molecule has 1 fully saturated rings. The van der Waals surface area contributed by atoms with E-state index in [0.29, 0.717) is 0 Å². The Hall–Kier alpha value is -1.50. The zero-order valence-corrected chi connectivity index (χ0v) is 9.83. The highest BCUT2D eigenvalue weighted by Crippen LogP contribution is 2.25. The average molecular weight is 256 g/mol. The van der Waals surface area contributed by atoms with E-state index in [-0.39, 0.29) is 11.6 Å². The van der Waals surface area contributed by atoms with Crippen LogP contribution in [0.5, 0.6) is 0 Å². The number of aromatic amines is 1. The molecule has 1 aromatic heterocycles. The summed E-state index contributed by atoms with van der Waals surface area (Å²) in [5.41, 5.74) is -1.77. The van der Waals surface area contributed by atoms with Gasteiger partial charge in [0.25, 0.3) is 5.56 Å². The van der Waals surface area contributed by atoms with Gasteiger partial charge in [-0.1, -0.05) is 0 Å². The fourth-order valence-electron chi connectivity index (χ4n) is 1.85. The lowest BCUT2D eigenvalue weighted by atomic mass is 10.2. The van der Waals surface area contributed by atoms with Gasteiger partial charge in [-0.25, -0.2) is 9.59 Å². The summed E-state index contributed by atoms with van der Waals surface area (Å²) < 4.78 is 1.33. The van der Waals surface area contributed by atoms with E-state index in [0.717, 1.165) is 30.5 Å². The quantitative estimate of drug-likeness (QED) is 0.794. The minimum Gasteiger partial charge on any atom is -0.477 e. The Balaban J connectivity index is 2.46. The number of carboxylic acids is 1. The van der Waals surface area contributed by atoms with Crippen LogP contribution in [0.15, 0.2) is 15.8 Å². The van der Waals surface area contributed by atoms with E-state index in [4.69, 9.17) is 5.11 Å². The first-order valence-corrected chi connectivity index (χ1v) is 6.41. The molecule has 1 aliphatic rings. The van der Waals surface area contributed by atoms with Crippen LogP contribution in [0.4, 0.5) is 0 Å². The Bertz CT molecular complexity index is 542. The number of aromatic carboxylic acids is 1. The fourth-order valence-corrected chi connectivity index (χ4v) is 2.99. The van der Waals surface area contributed by atoms with Crippen molar-refractivity contribution in [2.45, 2.75) is 18.9 Å². The number of rotatable bonds is 2. The van der Waals surface area contributed by atoms with Crippen molar-refractivity contribution >= 4 is 17.7 Å². The maximum Gasteiger partial charge on any atom is 0.342 e. The van der Waals surface area contributed by atoms with Crippen LogP contribution >= 0.6 is 11.8 Å². The van der Waals surface area contributed by atoms with E-state index in [2.05, 4.69) is 0 Å². The van der Waals surface area contributed by atoms with Crippen LogP contribution in [0, 0.1) is 0 Å². The molecule has 0 bridgehead atoms. The molecule has 0 radical (unpaired) electrons. The summed E-state index contributed by atoms with van der Waals surface area (Å²) in [4.78, 5) is 35.8. The topological polar surface area (TPSA) is 92.2 Å². The Morgan fingerprint density at radius 3 is 2.88 bits per heavy atom. The standard InChI is InChI=1S/C10H12N2O4S/c13-8-7(9(14)15)4-12(10(16)11-8)6-2-1-3-17-5-6/h4,6H,1-3,5H2,(H,14,15)(H,11,13,16). The number of hydrogen-bond donors (Lipinski definition) is 2. The number of aromatic nitrogens is 2. The van der Waals surface area contributed by atoms with Crippen LogP contribution in [0.3, 0.4) is 0 Å². The van der Waals surface area contributed by atoms with Crippen molar-refractivity contribution in [3.63, 3.8) is 0 Å². The summed E-state index contributed by atoms with van der Waals surface area (Å²) >= 11 is 1.73. The van der Waals surface area contributed by atoms with Gasteiger partial charge in [0.15, 0.2) is 0 Å². The summed E-state index contributed by atoms with van der Waals surface area (Å²) in [6, 6.07) is -0.0313. The lowest BCUT2D eigenvalue weighted by Gasteiger charge is -2.23. The van der Waals surface area contributed by atoms with Gasteiger partial charge >= 0.3 is 11.7 Å². The molecule has 92 valence electrons. The Kier molecular flexibility index (Phi) is 3.37. The molecule has 1 aromatic rings. The highest BCUT2D eigenvalue weighted by molar-refractivity contribution is 7.99. The van der Waals surface area contributed by atoms with E-state index < -0.39 is 17.2 Å². The number of carboxylic acid groups (broad SMARTS) is 1. The Labute approximate surface area is 101 Å². The van der Waals surface area contributed by atoms with Gasteiger partial charge in [-0.3, -0.25) is 14.3 Å². The zero-order valence-electron chi connectivity index (χ0n) is 9.01. The second-order valence-corrected chi connectivity index (χ2v) is 5.04. The maximum atomic E-state index is 11.6. The predicted octanol–water partition coefficient (Wildman–Crippen LogP) is 0.303. The van der Waals surface area contributed by atoms with Crippen LogP contribution in [-0.4, -0.2) is 32.1 Å². The van der Waals surface area contributed by atoms with Crippen LogP contribution < -0.4 is 11.2 Å². The first-order chi connectivity index (χ1) is 8.09. The van der Waals surface area contributed by atoms with Gasteiger partial charge in [-0.2, -0.15) is 11.8 Å². The molecule has 0 amide bonds. The molecule has 6 nitrogen and oxygen atoms in total. The van der Waals surface area contributed by atoms with Gasteiger partial charge in [0.2, 0.25) is 0 Å². The van der Waals surface area contributed by atoms with E-state index >= 15 is 0 Å². The molecule has 1 atom stereocenters. The molecule has 0 aromatic carbocycles. The monoisotopic (exact) mass is 256 g/mol. The molecule has 1 saturated heterocycles. The lowest BCUT2D eigenvalue weighted by Crippen LogP contribution is -2.36. The smallest absolute Gasteiger partial charge is 0.342 e. The van der Waals surface area contributed by atoms with E-state index in [1.807, 2.05) is 4.98 Å². The van der Waals surface area contributed by atoms with E-state index in [1.54, 1.807) is 11.8 Å². The first kappa shape index (κ1) is 12.0. The van der Waals surface area contributed by atoms with Crippen molar-refractivity contribution in [1.29, 1.82) is 0 Å². The van der Waals surface area contributed by atoms with E-state index in [1.165, 1.54) is 4.57 Å². The summed E-state index contributed by atoms with van der Waals surface area (Å²) in [5.74, 6) is 0.509. The molecule has 1 unspecified atom stereocenters. The third kappa shape index (κ3) is 2.44. The predicted molar refractivity (Wildman–Crippen MR) is 63.9 cm³/mol. The van der Waals surface area contributed by atoms with Crippen molar-refractivity contribution in [2.24, 2.45) is 0 Å². The van der Waals surface area contributed by atoms with Gasteiger partial charge in [-0.05, 0) is 18.6 Å². The van der Waals surface area contributed by atoms with Gasteiger partial charge in [0, 0.05) is 18.0 Å². The lowest BCUT2D eigenvalue weighted by molar-refractivity contribution is 0.0693.